The van der Waals surface area contributed by atoms with Crippen molar-refractivity contribution in [1.29, 1.82) is 0 Å². The van der Waals surface area contributed by atoms with Gasteiger partial charge in [0.25, 0.3) is 0 Å². The minimum atomic E-state index is -2.89. The molecule has 1 atom stereocenters. The van der Waals surface area contributed by atoms with E-state index in [1.807, 2.05) is 0 Å². The Morgan fingerprint density at radius 1 is 1.33 bits per heavy atom. The van der Waals surface area contributed by atoms with Crippen molar-refractivity contribution >= 4 is 15.7 Å². The number of hydrogen-bond acceptors (Lipinski definition) is 4. The standard InChI is InChI=1S/C12H21NO4S/c1-13(7-10-4-11(14)5-10)12(15)6-9-2-3-18(16,17)8-9/h9-11,14H,2-8H2,1H3. The van der Waals surface area contributed by atoms with E-state index in [4.69, 9.17) is 0 Å². The maximum Gasteiger partial charge on any atom is 0.222 e. The lowest BCUT2D eigenvalue weighted by atomic mass is 9.82. The van der Waals surface area contributed by atoms with Crippen LogP contribution in [0.5, 0.6) is 0 Å². The fourth-order valence-corrected chi connectivity index (χ4v) is 4.64. The van der Waals surface area contributed by atoms with Crippen LogP contribution in [0.2, 0.25) is 0 Å². The highest BCUT2D eigenvalue weighted by Crippen LogP contribution is 2.28. The molecule has 2 rings (SSSR count). The molecule has 6 heteroatoms. The molecule has 1 saturated heterocycles. The molecule has 104 valence electrons. The Balaban J connectivity index is 1.74. The summed E-state index contributed by atoms with van der Waals surface area (Å²) in [6, 6.07) is 0. The molecule has 1 unspecified atom stereocenters. The monoisotopic (exact) mass is 275 g/mol. The van der Waals surface area contributed by atoms with Crippen LogP contribution in [0, 0.1) is 11.8 Å². The van der Waals surface area contributed by atoms with E-state index in [1.165, 1.54) is 0 Å². The van der Waals surface area contributed by atoms with Crippen molar-refractivity contribution in [2.75, 3.05) is 25.1 Å². The number of aliphatic hydroxyl groups is 1. The van der Waals surface area contributed by atoms with Crippen LogP contribution >= 0.6 is 0 Å². The van der Waals surface area contributed by atoms with Crippen LogP contribution in [0.4, 0.5) is 0 Å². The minimum absolute atomic E-state index is 0.00284. The Bertz CT molecular complexity index is 414. The number of sulfone groups is 1. The summed E-state index contributed by atoms with van der Waals surface area (Å²) >= 11 is 0. The van der Waals surface area contributed by atoms with Crippen LogP contribution < -0.4 is 0 Å². The number of hydrogen-bond donors (Lipinski definition) is 1. The number of aliphatic hydroxyl groups excluding tert-OH is 1. The van der Waals surface area contributed by atoms with Crippen LogP contribution in [-0.2, 0) is 14.6 Å². The maximum atomic E-state index is 11.9. The fraction of sp³-hybridized carbons (Fsp3) is 0.917. The summed E-state index contributed by atoms with van der Waals surface area (Å²) in [5, 5.41) is 9.19. The average molecular weight is 275 g/mol. The SMILES string of the molecule is CN(CC1CC(O)C1)C(=O)CC1CCS(=O)(=O)C1. The number of rotatable bonds is 4. The van der Waals surface area contributed by atoms with Gasteiger partial charge in [0.1, 0.15) is 0 Å². The van der Waals surface area contributed by atoms with Crippen molar-refractivity contribution in [3.8, 4) is 0 Å². The first-order chi connectivity index (χ1) is 8.35. The smallest absolute Gasteiger partial charge is 0.222 e. The third-order valence-electron chi connectivity index (χ3n) is 3.96. The highest BCUT2D eigenvalue weighted by Gasteiger charge is 2.32. The Hall–Kier alpha value is -0.620. The number of carbonyl (C=O) groups excluding carboxylic acids is 1. The predicted octanol–water partition coefficient (Wildman–Crippen LogP) is 0.0405. The van der Waals surface area contributed by atoms with Crippen LogP contribution in [0.1, 0.15) is 25.7 Å². The fourth-order valence-electron chi connectivity index (χ4n) is 2.77. The molecule has 0 radical (unpaired) electrons. The average Bonchev–Trinajstić information content (AvgIpc) is 2.55. The first kappa shape index (κ1) is 13.8. The molecular weight excluding hydrogens is 254 g/mol. The van der Waals surface area contributed by atoms with Gasteiger partial charge in [0.05, 0.1) is 17.6 Å². The van der Waals surface area contributed by atoms with Gasteiger partial charge in [-0.2, -0.15) is 0 Å². The molecule has 0 spiro atoms. The van der Waals surface area contributed by atoms with Gasteiger partial charge in [-0.15, -0.1) is 0 Å². The van der Waals surface area contributed by atoms with Gasteiger partial charge in [-0.05, 0) is 31.1 Å². The van der Waals surface area contributed by atoms with Gasteiger partial charge in [0.15, 0.2) is 9.84 Å². The molecule has 5 nitrogen and oxygen atoms in total. The highest BCUT2D eigenvalue weighted by molar-refractivity contribution is 7.91. The molecule has 0 aromatic carbocycles. The summed E-state index contributed by atoms with van der Waals surface area (Å²) in [5.41, 5.74) is 0. The molecule has 0 aromatic rings. The molecule has 1 aliphatic carbocycles. The van der Waals surface area contributed by atoms with Crippen molar-refractivity contribution in [3.05, 3.63) is 0 Å². The molecule has 1 amide bonds. The van der Waals surface area contributed by atoms with Crippen LogP contribution in [0.25, 0.3) is 0 Å². The van der Waals surface area contributed by atoms with E-state index in [2.05, 4.69) is 0 Å². The van der Waals surface area contributed by atoms with Crippen molar-refractivity contribution in [2.45, 2.75) is 31.8 Å². The van der Waals surface area contributed by atoms with E-state index in [9.17, 15) is 18.3 Å². The first-order valence-corrected chi connectivity index (χ1v) is 8.30. The van der Waals surface area contributed by atoms with E-state index >= 15 is 0 Å². The summed E-state index contributed by atoms with van der Waals surface area (Å²) in [6.07, 6.45) is 2.30. The summed E-state index contributed by atoms with van der Waals surface area (Å²) < 4.78 is 22.6. The third-order valence-corrected chi connectivity index (χ3v) is 5.80. The molecule has 1 N–H and O–H groups in total. The first-order valence-electron chi connectivity index (χ1n) is 6.48. The summed E-state index contributed by atoms with van der Waals surface area (Å²) in [5.74, 6) is 0.815. The molecule has 18 heavy (non-hydrogen) atoms. The topological polar surface area (TPSA) is 74.7 Å². The summed E-state index contributed by atoms with van der Waals surface area (Å²) in [6.45, 7) is 0.676. The van der Waals surface area contributed by atoms with E-state index in [-0.39, 0.29) is 29.4 Å². The minimum Gasteiger partial charge on any atom is -0.393 e. The largest absolute Gasteiger partial charge is 0.393 e. The van der Waals surface area contributed by atoms with Gasteiger partial charge in [-0.3, -0.25) is 4.79 Å². The lowest BCUT2D eigenvalue weighted by Gasteiger charge is -2.34. The van der Waals surface area contributed by atoms with E-state index in [0.717, 1.165) is 12.8 Å². The van der Waals surface area contributed by atoms with Gasteiger partial charge in [0, 0.05) is 20.0 Å². The Morgan fingerprint density at radius 2 is 2.00 bits per heavy atom. The lowest BCUT2D eigenvalue weighted by molar-refractivity contribution is -0.132. The number of nitrogens with zero attached hydrogens (tertiary/aromatic N) is 1. The Morgan fingerprint density at radius 3 is 2.50 bits per heavy atom. The van der Waals surface area contributed by atoms with Gasteiger partial charge < -0.3 is 10.0 Å². The molecule has 1 saturated carbocycles. The second-order valence-corrected chi connectivity index (χ2v) is 7.97. The molecule has 0 bridgehead atoms. The number of amides is 1. The van der Waals surface area contributed by atoms with Gasteiger partial charge >= 0.3 is 0 Å². The number of carbonyl (C=O) groups is 1. The molecule has 1 aliphatic heterocycles. The summed E-state index contributed by atoms with van der Waals surface area (Å²) in [7, 11) is -1.13. The molecule has 0 aromatic heterocycles. The van der Waals surface area contributed by atoms with Gasteiger partial charge in [-0.25, -0.2) is 8.42 Å². The summed E-state index contributed by atoms with van der Waals surface area (Å²) in [4.78, 5) is 13.6. The van der Waals surface area contributed by atoms with E-state index < -0.39 is 9.84 Å². The third kappa shape index (κ3) is 3.45. The quantitative estimate of drug-likeness (QED) is 0.786. The predicted molar refractivity (Wildman–Crippen MR) is 67.7 cm³/mol. The Kier molecular flexibility index (Phi) is 3.96. The van der Waals surface area contributed by atoms with Crippen LogP contribution in [-0.4, -0.2) is 55.5 Å². The Labute approximate surface area is 108 Å². The molecular formula is C12H21NO4S. The van der Waals surface area contributed by atoms with Crippen LogP contribution in [0.15, 0.2) is 0 Å². The van der Waals surface area contributed by atoms with E-state index in [0.29, 0.717) is 25.3 Å². The van der Waals surface area contributed by atoms with Gasteiger partial charge in [0.2, 0.25) is 5.91 Å². The van der Waals surface area contributed by atoms with Crippen molar-refractivity contribution in [3.63, 3.8) is 0 Å². The zero-order chi connectivity index (χ0) is 13.3. The second-order valence-electron chi connectivity index (χ2n) is 5.74. The molecule has 1 heterocycles. The highest BCUT2D eigenvalue weighted by atomic mass is 32.2. The maximum absolute atomic E-state index is 11.9. The van der Waals surface area contributed by atoms with Crippen LogP contribution in [0.3, 0.4) is 0 Å². The second kappa shape index (κ2) is 5.17. The zero-order valence-corrected chi connectivity index (χ0v) is 11.5. The van der Waals surface area contributed by atoms with Crippen molar-refractivity contribution in [2.24, 2.45) is 11.8 Å². The van der Waals surface area contributed by atoms with E-state index in [1.54, 1.807) is 11.9 Å². The lowest BCUT2D eigenvalue weighted by Crippen LogP contribution is -2.40. The molecule has 2 aliphatic rings. The van der Waals surface area contributed by atoms with Crippen molar-refractivity contribution < 1.29 is 18.3 Å². The van der Waals surface area contributed by atoms with Crippen molar-refractivity contribution in [1.82, 2.24) is 4.90 Å². The van der Waals surface area contributed by atoms with Gasteiger partial charge in [-0.1, -0.05) is 0 Å². The zero-order valence-electron chi connectivity index (χ0n) is 10.7. The normalized spacial score (nSPS) is 34.0. The molecule has 2 fully saturated rings.